The smallest absolute Gasteiger partial charge is 0.173 e. The third kappa shape index (κ3) is 6.06. The van der Waals surface area contributed by atoms with Crippen LogP contribution in [0, 0.1) is 0 Å². The van der Waals surface area contributed by atoms with Gasteiger partial charge in [-0.25, -0.2) is 8.42 Å². The molecule has 4 heteroatoms. The molecule has 0 rings (SSSR count). The fourth-order valence-corrected chi connectivity index (χ4v) is 1.50. The lowest BCUT2D eigenvalue weighted by Crippen LogP contribution is -2.09. The summed E-state index contributed by atoms with van der Waals surface area (Å²) < 4.78 is 26.8. The van der Waals surface area contributed by atoms with Crippen LogP contribution in [-0.4, -0.2) is 27.4 Å². The minimum absolute atomic E-state index is 0.0746. The molecule has 0 aliphatic rings. The van der Waals surface area contributed by atoms with Crippen LogP contribution in [0.5, 0.6) is 0 Å². The van der Waals surface area contributed by atoms with E-state index in [-0.39, 0.29) is 12.4 Å². The fraction of sp³-hybridized carbons (Fsp3) is 0.714. The molecule has 0 heterocycles. The summed E-state index contributed by atoms with van der Waals surface area (Å²) in [5, 5.41) is 1.20. The van der Waals surface area contributed by atoms with E-state index in [0.29, 0.717) is 6.61 Å². The van der Waals surface area contributed by atoms with Crippen molar-refractivity contribution in [2.24, 2.45) is 0 Å². The summed E-state index contributed by atoms with van der Waals surface area (Å²) in [6.07, 6.45) is 1.52. The maximum Gasteiger partial charge on any atom is 0.173 e. The highest BCUT2D eigenvalue weighted by atomic mass is 32.2. The number of hydrogen-bond donors (Lipinski definition) is 0. The average Bonchev–Trinajstić information content (AvgIpc) is 1.87. The van der Waals surface area contributed by atoms with Crippen LogP contribution in [0.25, 0.3) is 0 Å². The lowest BCUT2D eigenvalue weighted by molar-refractivity contribution is 0.163. The SMILES string of the molecule is CC=CS(=O)(=O)CCOCC. The summed E-state index contributed by atoms with van der Waals surface area (Å²) >= 11 is 0. The second-order valence-electron chi connectivity index (χ2n) is 2.03. The van der Waals surface area contributed by atoms with Crippen molar-refractivity contribution in [1.82, 2.24) is 0 Å². The minimum Gasteiger partial charge on any atom is -0.381 e. The third-order valence-electron chi connectivity index (χ3n) is 1.06. The van der Waals surface area contributed by atoms with Gasteiger partial charge in [-0.15, -0.1) is 0 Å². The van der Waals surface area contributed by atoms with E-state index < -0.39 is 9.84 Å². The fourth-order valence-electron chi connectivity index (χ4n) is 0.595. The zero-order chi connectivity index (χ0) is 8.74. The molecule has 66 valence electrons. The van der Waals surface area contributed by atoms with Crippen molar-refractivity contribution in [2.45, 2.75) is 13.8 Å². The minimum atomic E-state index is -3.01. The Morgan fingerprint density at radius 1 is 1.45 bits per heavy atom. The third-order valence-corrected chi connectivity index (χ3v) is 2.48. The number of hydrogen-bond acceptors (Lipinski definition) is 3. The predicted molar refractivity (Wildman–Crippen MR) is 45.1 cm³/mol. The first-order chi connectivity index (χ1) is 5.12. The molecule has 0 bridgehead atoms. The van der Waals surface area contributed by atoms with Gasteiger partial charge in [0.05, 0.1) is 12.4 Å². The summed E-state index contributed by atoms with van der Waals surface area (Å²) in [6.45, 7) is 4.36. The Balaban J connectivity index is 3.75. The summed E-state index contributed by atoms with van der Waals surface area (Å²) in [5.41, 5.74) is 0. The Hall–Kier alpha value is -0.350. The summed E-state index contributed by atoms with van der Waals surface area (Å²) in [6, 6.07) is 0. The molecule has 0 amide bonds. The standard InChI is InChI=1S/C7H14O3S/c1-3-6-11(8,9)7-5-10-4-2/h3,6H,4-5,7H2,1-2H3. The lowest BCUT2D eigenvalue weighted by Gasteiger charge is -1.98. The summed E-state index contributed by atoms with van der Waals surface area (Å²) in [7, 11) is -3.01. The highest BCUT2D eigenvalue weighted by molar-refractivity contribution is 7.94. The first-order valence-corrected chi connectivity index (χ1v) is 5.27. The lowest BCUT2D eigenvalue weighted by atomic mass is 10.8. The van der Waals surface area contributed by atoms with E-state index >= 15 is 0 Å². The molecule has 0 N–H and O–H groups in total. The van der Waals surface area contributed by atoms with Crippen molar-refractivity contribution >= 4 is 9.84 Å². The van der Waals surface area contributed by atoms with Gasteiger partial charge in [-0.2, -0.15) is 0 Å². The van der Waals surface area contributed by atoms with Gasteiger partial charge in [0.15, 0.2) is 9.84 Å². The molecule has 0 aromatic carbocycles. The van der Waals surface area contributed by atoms with Crippen molar-refractivity contribution in [2.75, 3.05) is 19.0 Å². The number of ether oxygens (including phenoxy) is 1. The second-order valence-corrected chi connectivity index (χ2v) is 4.04. The van der Waals surface area contributed by atoms with Crippen LogP contribution in [-0.2, 0) is 14.6 Å². The van der Waals surface area contributed by atoms with E-state index in [1.807, 2.05) is 6.92 Å². The molecule has 0 aromatic rings. The van der Waals surface area contributed by atoms with Crippen molar-refractivity contribution < 1.29 is 13.2 Å². The number of allylic oxidation sites excluding steroid dienone is 1. The van der Waals surface area contributed by atoms with Crippen molar-refractivity contribution in [3.05, 3.63) is 11.5 Å². The molecule has 0 spiro atoms. The first kappa shape index (κ1) is 10.7. The molecule has 0 radical (unpaired) electrons. The van der Waals surface area contributed by atoms with Crippen LogP contribution in [0.3, 0.4) is 0 Å². The Morgan fingerprint density at radius 3 is 2.55 bits per heavy atom. The van der Waals surface area contributed by atoms with E-state index in [2.05, 4.69) is 0 Å². The molecule has 0 saturated heterocycles. The van der Waals surface area contributed by atoms with Crippen molar-refractivity contribution in [3.8, 4) is 0 Å². The highest BCUT2D eigenvalue weighted by Crippen LogP contribution is 1.92. The summed E-state index contributed by atoms with van der Waals surface area (Å²) in [5.74, 6) is 0.0746. The predicted octanol–water partition coefficient (Wildman–Crippen LogP) is 0.971. The van der Waals surface area contributed by atoms with Gasteiger partial charge in [0.25, 0.3) is 0 Å². The molecule has 0 aliphatic carbocycles. The largest absolute Gasteiger partial charge is 0.381 e. The Labute approximate surface area is 68.0 Å². The van der Waals surface area contributed by atoms with E-state index in [1.54, 1.807) is 6.92 Å². The van der Waals surface area contributed by atoms with Crippen LogP contribution < -0.4 is 0 Å². The van der Waals surface area contributed by atoms with Gasteiger partial charge in [-0.05, 0) is 13.8 Å². The molecule has 0 saturated carbocycles. The van der Waals surface area contributed by atoms with Gasteiger partial charge >= 0.3 is 0 Å². The molecule has 0 unspecified atom stereocenters. The quantitative estimate of drug-likeness (QED) is 0.589. The van der Waals surface area contributed by atoms with Gasteiger partial charge in [0.2, 0.25) is 0 Å². The van der Waals surface area contributed by atoms with E-state index in [0.717, 1.165) is 0 Å². The van der Waals surface area contributed by atoms with Crippen LogP contribution in [0.1, 0.15) is 13.8 Å². The van der Waals surface area contributed by atoms with Crippen LogP contribution in [0.4, 0.5) is 0 Å². The van der Waals surface area contributed by atoms with Gasteiger partial charge in [-0.3, -0.25) is 0 Å². The van der Waals surface area contributed by atoms with Gasteiger partial charge in [0, 0.05) is 12.0 Å². The van der Waals surface area contributed by atoms with Crippen LogP contribution in [0.2, 0.25) is 0 Å². The topological polar surface area (TPSA) is 43.4 Å². The van der Waals surface area contributed by atoms with Gasteiger partial charge in [-0.1, -0.05) is 6.08 Å². The van der Waals surface area contributed by atoms with Crippen LogP contribution >= 0.6 is 0 Å². The normalized spacial score (nSPS) is 12.5. The first-order valence-electron chi connectivity index (χ1n) is 3.55. The van der Waals surface area contributed by atoms with Crippen molar-refractivity contribution in [1.29, 1.82) is 0 Å². The molecule has 3 nitrogen and oxygen atoms in total. The monoisotopic (exact) mass is 178 g/mol. The molecular formula is C7H14O3S. The molecule has 0 aliphatic heterocycles. The highest BCUT2D eigenvalue weighted by Gasteiger charge is 2.03. The second kappa shape index (κ2) is 5.32. The maximum atomic E-state index is 10.9. The van der Waals surface area contributed by atoms with E-state index in [4.69, 9.17) is 4.74 Å². The zero-order valence-corrected chi connectivity index (χ0v) is 7.73. The molecule has 0 atom stereocenters. The number of sulfone groups is 1. The average molecular weight is 178 g/mol. The van der Waals surface area contributed by atoms with Crippen molar-refractivity contribution in [3.63, 3.8) is 0 Å². The van der Waals surface area contributed by atoms with E-state index in [1.165, 1.54) is 11.5 Å². The number of rotatable bonds is 5. The Kier molecular flexibility index (Phi) is 5.15. The van der Waals surface area contributed by atoms with Gasteiger partial charge < -0.3 is 4.74 Å². The Morgan fingerprint density at radius 2 is 2.09 bits per heavy atom. The van der Waals surface area contributed by atoms with Gasteiger partial charge in [0.1, 0.15) is 0 Å². The summed E-state index contributed by atoms with van der Waals surface area (Å²) in [4.78, 5) is 0. The zero-order valence-electron chi connectivity index (χ0n) is 6.91. The molecular weight excluding hydrogens is 164 g/mol. The molecule has 11 heavy (non-hydrogen) atoms. The van der Waals surface area contributed by atoms with Crippen LogP contribution in [0.15, 0.2) is 11.5 Å². The molecule has 0 fully saturated rings. The Bertz CT molecular complexity index is 204. The maximum absolute atomic E-state index is 10.9. The van der Waals surface area contributed by atoms with E-state index in [9.17, 15) is 8.42 Å². The molecule has 0 aromatic heterocycles.